The van der Waals surface area contributed by atoms with Crippen molar-refractivity contribution in [2.75, 3.05) is 0 Å². The van der Waals surface area contributed by atoms with Crippen molar-refractivity contribution in [1.29, 1.82) is 5.41 Å². The molecule has 5 heteroatoms. The minimum atomic E-state index is -0.709. The molecular weight excluding hydrogens is 292 g/mol. The fraction of sp³-hybridized carbons (Fsp3) is 0.500. The number of benzene rings is 1. The van der Waals surface area contributed by atoms with Gasteiger partial charge in [-0.05, 0) is 38.7 Å². The number of hydrogen-bond donors (Lipinski definition) is 2. The lowest BCUT2D eigenvalue weighted by Gasteiger charge is -2.34. The molecule has 5 nitrogen and oxygen atoms in total. The number of rotatable bonds is 2. The summed E-state index contributed by atoms with van der Waals surface area (Å²) in [5.74, 6) is -0.460. The van der Waals surface area contributed by atoms with E-state index in [1.807, 2.05) is 37.3 Å². The molecule has 0 spiro atoms. The van der Waals surface area contributed by atoms with Crippen LogP contribution >= 0.6 is 0 Å². The van der Waals surface area contributed by atoms with E-state index in [-0.39, 0.29) is 23.3 Å². The summed E-state index contributed by atoms with van der Waals surface area (Å²) in [4.78, 5) is 24.3. The van der Waals surface area contributed by atoms with Crippen LogP contribution in [0.4, 0.5) is 4.79 Å². The fourth-order valence-corrected chi connectivity index (χ4v) is 2.88. The van der Waals surface area contributed by atoms with Gasteiger partial charge in [0.15, 0.2) is 5.78 Å². The van der Waals surface area contributed by atoms with Gasteiger partial charge in [0.25, 0.3) is 0 Å². The number of Topliss-reactive ketones (excluding diaryl/α,β-unsaturated/α-hetero) is 1. The monoisotopic (exact) mass is 316 g/mol. The maximum atomic E-state index is 12.3. The molecule has 0 aliphatic heterocycles. The average Bonchev–Trinajstić information content (AvgIpc) is 2.47. The van der Waals surface area contributed by atoms with Crippen molar-refractivity contribution in [2.24, 2.45) is 5.92 Å². The number of ether oxygens (including phenoxy) is 1. The summed E-state index contributed by atoms with van der Waals surface area (Å²) < 4.78 is 5.22. The Hall–Kier alpha value is -2.17. The van der Waals surface area contributed by atoms with Gasteiger partial charge in [0.1, 0.15) is 5.60 Å². The van der Waals surface area contributed by atoms with E-state index in [1.165, 1.54) is 0 Å². The van der Waals surface area contributed by atoms with Crippen LogP contribution in [0.2, 0.25) is 0 Å². The Morgan fingerprint density at radius 2 is 1.87 bits per heavy atom. The highest BCUT2D eigenvalue weighted by Crippen LogP contribution is 2.34. The Kier molecular flexibility index (Phi) is 4.88. The van der Waals surface area contributed by atoms with E-state index in [1.54, 1.807) is 20.8 Å². The highest BCUT2D eigenvalue weighted by molar-refractivity contribution is 6.42. The van der Waals surface area contributed by atoms with Crippen LogP contribution in [0.15, 0.2) is 30.3 Å². The van der Waals surface area contributed by atoms with Crippen LogP contribution in [0.3, 0.4) is 0 Å². The second-order valence-corrected chi connectivity index (χ2v) is 7.02. The van der Waals surface area contributed by atoms with Gasteiger partial charge in [-0.3, -0.25) is 4.79 Å². The number of amides is 1. The largest absolute Gasteiger partial charge is 0.444 e. The van der Waals surface area contributed by atoms with Gasteiger partial charge in [-0.15, -0.1) is 0 Å². The molecule has 1 aliphatic rings. The number of carbonyl (C=O) groups is 2. The second-order valence-electron chi connectivity index (χ2n) is 7.02. The molecule has 0 unspecified atom stereocenters. The van der Waals surface area contributed by atoms with Gasteiger partial charge < -0.3 is 15.5 Å². The summed E-state index contributed by atoms with van der Waals surface area (Å²) >= 11 is 0. The molecule has 23 heavy (non-hydrogen) atoms. The summed E-state index contributed by atoms with van der Waals surface area (Å²) in [6, 6.07) is 9.10. The van der Waals surface area contributed by atoms with Crippen LogP contribution in [0.1, 0.15) is 45.6 Å². The zero-order valence-corrected chi connectivity index (χ0v) is 14.1. The quantitative estimate of drug-likeness (QED) is 0.878. The molecule has 3 atom stereocenters. The maximum absolute atomic E-state index is 12.3. The maximum Gasteiger partial charge on any atom is 0.408 e. The molecule has 1 fully saturated rings. The molecule has 2 N–H and O–H groups in total. The molecule has 0 saturated heterocycles. The van der Waals surface area contributed by atoms with Crippen molar-refractivity contribution in [1.82, 2.24) is 5.32 Å². The first kappa shape index (κ1) is 17.2. The standard InChI is InChI=1S/C18H24N2O3/c1-11-13(12-8-6-5-7-9-12)10-14(16(21)15(11)19)20-17(22)23-18(2,3)4/h5-9,11,13-14,19H,10H2,1-4H3,(H,20,22)/t11-,13-,14-/m1/s1. The van der Waals surface area contributed by atoms with E-state index in [9.17, 15) is 9.59 Å². The van der Waals surface area contributed by atoms with Crippen molar-refractivity contribution in [3.63, 3.8) is 0 Å². The fourth-order valence-electron chi connectivity index (χ4n) is 2.88. The molecular formula is C18H24N2O3. The topological polar surface area (TPSA) is 79.3 Å². The minimum Gasteiger partial charge on any atom is -0.444 e. The molecule has 2 rings (SSSR count). The third-order valence-electron chi connectivity index (χ3n) is 4.05. The summed E-state index contributed by atoms with van der Waals surface area (Å²) in [6.07, 6.45) is -0.143. The van der Waals surface area contributed by atoms with E-state index in [0.717, 1.165) is 5.56 Å². The van der Waals surface area contributed by atoms with Crippen LogP contribution in [-0.2, 0) is 9.53 Å². The highest BCUT2D eigenvalue weighted by Gasteiger charge is 2.40. The van der Waals surface area contributed by atoms with Crippen LogP contribution in [-0.4, -0.2) is 29.2 Å². The molecule has 1 saturated carbocycles. The SMILES string of the molecule is C[C@H]1C(=N)C(=O)[C@H](NC(=O)OC(C)(C)C)C[C@H]1c1ccccc1. The molecule has 0 heterocycles. The molecule has 1 aromatic rings. The highest BCUT2D eigenvalue weighted by atomic mass is 16.6. The molecule has 1 aromatic carbocycles. The third-order valence-corrected chi connectivity index (χ3v) is 4.05. The number of ketones is 1. The minimum absolute atomic E-state index is 0.0290. The van der Waals surface area contributed by atoms with Gasteiger partial charge in [-0.25, -0.2) is 4.79 Å². The number of alkyl carbamates (subject to hydrolysis) is 1. The van der Waals surface area contributed by atoms with Gasteiger partial charge >= 0.3 is 6.09 Å². The first-order chi connectivity index (χ1) is 10.7. The van der Waals surface area contributed by atoms with Gasteiger partial charge in [0, 0.05) is 5.92 Å². The van der Waals surface area contributed by atoms with Crippen molar-refractivity contribution in [2.45, 2.75) is 51.7 Å². The van der Waals surface area contributed by atoms with E-state index in [4.69, 9.17) is 10.1 Å². The van der Waals surface area contributed by atoms with Crippen molar-refractivity contribution in [3.8, 4) is 0 Å². The summed E-state index contributed by atoms with van der Waals surface area (Å²) in [7, 11) is 0. The normalized spacial score (nSPS) is 25.1. The molecule has 1 aliphatic carbocycles. The summed E-state index contributed by atoms with van der Waals surface area (Å²) in [6.45, 7) is 7.20. The van der Waals surface area contributed by atoms with Gasteiger partial charge in [0.2, 0.25) is 0 Å². The van der Waals surface area contributed by atoms with Gasteiger partial charge in [-0.1, -0.05) is 37.3 Å². The zero-order valence-electron chi connectivity index (χ0n) is 14.1. The average molecular weight is 316 g/mol. The smallest absolute Gasteiger partial charge is 0.408 e. The van der Waals surface area contributed by atoms with Crippen molar-refractivity contribution in [3.05, 3.63) is 35.9 Å². The first-order valence-corrected chi connectivity index (χ1v) is 7.86. The molecule has 124 valence electrons. The number of nitrogens with one attached hydrogen (secondary N) is 2. The van der Waals surface area contributed by atoms with Crippen molar-refractivity contribution >= 4 is 17.6 Å². The van der Waals surface area contributed by atoms with Gasteiger partial charge in [0.05, 0.1) is 11.8 Å². The molecule has 0 radical (unpaired) electrons. The molecule has 0 bridgehead atoms. The molecule has 1 amide bonds. The number of hydrogen-bond acceptors (Lipinski definition) is 4. The summed E-state index contributed by atoms with van der Waals surface area (Å²) in [5, 5.41) is 10.7. The lowest BCUT2D eigenvalue weighted by Crippen LogP contribution is -2.51. The Labute approximate surface area is 136 Å². The Bertz CT molecular complexity index is 604. The second kappa shape index (κ2) is 6.52. The van der Waals surface area contributed by atoms with E-state index >= 15 is 0 Å². The lowest BCUT2D eigenvalue weighted by atomic mass is 9.72. The zero-order chi connectivity index (χ0) is 17.2. The van der Waals surface area contributed by atoms with Crippen LogP contribution in [0, 0.1) is 11.3 Å². The van der Waals surface area contributed by atoms with Crippen LogP contribution < -0.4 is 5.32 Å². The third kappa shape index (κ3) is 4.18. The predicted octanol–water partition coefficient (Wildman–Crippen LogP) is 3.29. The number of carbonyl (C=O) groups excluding carboxylic acids is 2. The Balaban J connectivity index is 2.15. The van der Waals surface area contributed by atoms with Gasteiger partial charge in [-0.2, -0.15) is 0 Å². The Morgan fingerprint density at radius 3 is 2.43 bits per heavy atom. The lowest BCUT2D eigenvalue weighted by molar-refractivity contribution is -0.116. The first-order valence-electron chi connectivity index (χ1n) is 7.86. The molecule has 0 aromatic heterocycles. The summed E-state index contributed by atoms with van der Waals surface area (Å²) in [5.41, 5.74) is 0.515. The van der Waals surface area contributed by atoms with E-state index in [2.05, 4.69) is 5.32 Å². The van der Waals surface area contributed by atoms with Crippen LogP contribution in [0.5, 0.6) is 0 Å². The van der Waals surface area contributed by atoms with E-state index in [0.29, 0.717) is 6.42 Å². The predicted molar refractivity (Wildman–Crippen MR) is 88.9 cm³/mol. The van der Waals surface area contributed by atoms with E-state index < -0.39 is 17.7 Å². The Morgan fingerprint density at radius 1 is 1.26 bits per heavy atom. The van der Waals surface area contributed by atoms with Crippen LogP contribution in [0.25, 0.3) is 0 Å². The van der Waals surface area contributed by atoms with Crippen molar-refractivity contribution < 1.29 is 14.3 Å².